The maximum absolute atomic E-state index is 13.4. The lowest BCUT2D eigenvalue weighted by Crippen LogP contribution is -2.46. The first-order valence-electron chi connectivity index (χ1n) is 9.17. The van der Waals surface area contributed by atoms with Gasteiger partial charge in [-0.05, 0) is 44.0 Å². The highest BCUT2D eigenvalue weighted by Gasteiger charge is 2.42. The van der Waals surface area contributed by atoms with Gasteiger partial charge < -0.3 is 15.0 Å². The number of ether oxygens (including phenoxy) is 1. The molecule has 1 N–H and O–H groups in total. The third-order valence-electron chi connectivity index (χ3n) is 5.36. The number of hydrogen-bond acceptors (Lipinski definition) is 4. The average Bonchev–Trinajstić information content (AvgIpc) is 2.98. The van der Waals surface area contributed by atoms with E-state index in [9.17, 15) is 18.8 Å². The number of rotatable bonds is 5. The number of likely N-dealkylation sites (tertiary alicyclic amines) is 1. The number of nitrogens with one attached hydrogen (secondary N) is 1. The molecule has 0 radical (unpaired) electrons. The standard InChI is InChI=1S/C20H25FN2O4/c1-12-6-15(4-5-16(12)21)22-18(25)14-7-13(2)23(9-14)19(26)17(24)8-20(3)10-27-11-20/h4-6,13-14H,7-11H2,1-3H3,(H,22,25). The fourth-order valence-electron chi connectivity index (χ4n) is 3.65. The predicted molar refractivity (Wildman–Crippen MR) is 97.6 cm³/mol. The maximum atomic E-state index is 13.4. The van der Waals surface area contributed by atoms with Crippen molar-refractivity contribution >= 4 is 23.3 Å². The molecule has 0 bridgehead atoms. The minimum absolute atomic E-state index is 0.167. The topological polar surface area (TPSA) is 75.7 Å². The minimum atomic E-state index is -0.524. The lowest BCUT2D eigenvalue weighted by Gasteiger charge is -2.37. The molecular formula is C20H25FN2O4. The first kappa shape index (κ1) is 19.5. The number of Topliss-reactive ketones (excluding diaryl/α,β-unsaturated/α-hetero) is 1. The fraction of sp³-hybridized carbons (Fsp3) is 0.550. The van der Waals surface area contributed by atoms with E-state index in [-0.39, 0.29) is 36.1 Å². The summed E-state index contributed by atoms with van der Waals surface area (Å²) in [5, 5.41) is 2.77. The molecule has 0 saturated carbocycles. The van der Waals surface area contributed by atoms with Crippen molar-refractivity contribution < 1.29 is 23.5 Å². The molecule has 2 fully saturated rings. The van der Waals surface area contributed by atoms with E-state index in [1.54, 1.807) is 13.0 Å². The van der Waals surface area contributed by atoms with E-state index >= 15 is 0 Å². The molecule has 2 amide bonds. The van der Waals surface area contributed by atoms with Gasteiger partial charge in [0.2, 0.25) is 11.7 Å². The maximum Gasteiger partial charge on any atom is 0.290 e. The first-order chi connectivity index (χ1) is 12.7. The van der Waals surface area contributed by atoms with Crippen LogP contribution in [0.25, 0.3) is 0 Å². The second-order valence-electron chi connectivity index (χ2n) is 8.10. The van der Waals surface area contributed by atoms with Crippen molar-refractivity contribution in [3.63, 3.8) is 0 Å². The molecule has 2 atom stereocenters. The normalized spacial score (nSPS) is 23.6. The number of ketones is 1. The van der Waals surface area contributed by atoms with Crippen LogP contribution in [0.15, 0.2) is 18.2 Å². The van der Waals surface area contributed by atoms with Crippen LogP contribution >= 0.6 is 0 Å². The zero-order valence-electron chi connectivity index (χ0n) is 15.9. The Morgan fingerprint density at radius 3 is 2.63 bits per heavy atom. The second-order valence-corrected chi connectivity index (χ2v) is 8.10. The summed E-state index contributed by atoms with van der Waals surface area (Å²) in [7, 11) is 0. The lowest BCUT2D eigenvalue weighted by molar-refractivity contribution is -0.152. The van der Waals surface area contributed by atoms with Gasteiger partial charge in [-0.2, -0.15) is 0 Å². The monoisotopic (exact) mass is 376 g/mol. The molecule has 0 aliphatic carbocycles. The molecule has 2 aliphatic rings. The molecular weight excluding hydrogens is 351 g/mol. The smallest absolute Gasteiger partial charge is 0.290 e. The zero-order valence-corrected chi connectivity index (χ0v) is 15.9. The van der Waals surface area contributed by atoms with Crippen LogP contribution in [0.1, 0.15) is 32.3 Å². The molecule has 1 aromatic rings. The van der Waals surface area contributed by atoms with E-state index in [1.807, 2.05) is 13.8 Å². The molecule has 146 valence electrons. The van der Waals surface area contributed by atoms with Gasteiger partial charge in [-0.3, -0.25) is 14.4 Å². The second kappa shape index (κ2) is 7.38. The van der Waals surface area contributed by atoms with Crippen LogP contribution in [0.3, 0.4) is 0 Å². The molecule has 2 aliphatic heterocycles. The summed E-state index contributed by atoms with van der Waals surface area (Å²) in [4.78, 5) is 38.9. The van der Waals surface area contributed by atoms with Crippen molar-refractivity contribution in [3.05, 3.63) is 29.6 Å². The van der Waals surface area contributed by atoms with Crippen LogP contribution < -0.4 is 5.32 Å². The number of halogens is 1. The summed E-state index contributed by atoms with van der Waals surface area (Å²) in [6.07, 6.45) is 0.659. The van der Waals surface area contributed by atoms with Crippen molar-refractivity contribution in [2.75, 3.05) is 25.1 Å². The average molecular weight is 376 g/mol. The van der Waals surface area contributed by atoms with Gasteiger partial charge in [0.05, 0.1) is 19.1 Å². The van der Waals surface area contributed by atoms with Crippen LogP contribution in [-0.4, -0.2) is 48.3 Å². The van der Waals surface area contributed by atoms with Crippen molar-refractivity contribution in [2.24, 2.45) is 11.3 Å². The lowest BCUT2D eigenvalue weighted by atomic mass is 9.83. The summed E-state index contributed by atoms with van der Waals surface area (Å²) in [5.74, 6) is -1.91. The summed E-state index contributed by atoms with van der Waals surface area (Å²) in [6, 6.07) is 4.20. The summed E-state index contributed by atoms with van der Waals surface area (Å²) in [5.41, 5.74) is 0.709. The van der Waals surface area contributed by atoms with E-state index in [0.717, 1.165) is 0 Å². The van der Waals surface area contributed by atoms with Crippen molar-refractivity contribution in [1.29, 1.82) is 0 Å². The molecule has 0 aromatic heterocycles. The van der Waals surface area contributed by atoms with Gasteiger partial charge in [0.15, 0.2) is 0 Å². The van der Waals surface area contributed by atoms with Gasteiger partial charge in [0.25, 0.3) is 5.91 Å². The third kappa shape index (κ3) is 4.18. The van der Waals surface area contributed by atoms with Crippen molar-refractivity contribution in [3.8, 4) is 0 Å². The molecule has 7 heteroatoms. The number of benzene rings is 1. The molecule has 27 heavy (non-hydrogen) atoms. The molecule has 1 aromatic carbocycles. The highest BCUT2D eigenvalue weighted by Crippen LogP contribution is 2.32. The number of carbonyl (C=O) groups excluding carboxylic acids is 3. The Morgan fingerprint density at radius 2 is 2.04 bits per heavy atom. The van der Waals surface area contributed by atoms with E-state index < -0.39 is 17.6 Å². The van der Waals surface area contributed by atoms with Crippen LogP contribution in [-0.2, 0) is 19.1 Å². The number of carbonyl (C=O) groups is 3. The Labute approximate surface area is 158 Å². The van der Waals surface area contributed by atoms with Crippen LogP contribution in [0.5, 0.6) is 0 Å². The summed E-state index contributed by atoms with van der Waals surface area (Å²) < 4.78 is 18.5. The van der Waals surface area contributed by atoms with Crippen LogP contribution in [0, 0.1) is 24.1 Å². The predicted octanol–water partition coefficient (Wildman–Crippen LogP) is 2.31. The van der Waals surface area contributed by atoms with Gasteiger partial charge in [0.1, 0.15) is 5.82 Å². The van der Waals surface area contributed by atoms with Crippen molar-refractivity contribution in [1.82, 2.24) is 4.90 Å². The Morgan fingerprint density at radius 1 is 1.33 bits per heavy atom. The highest BCUT2D eigenvalue weighted by molar-refractivity contribution is 6.36. The van der Waals surface area contributed by atoms with Gasteiger partial charge in [-0.25, -0.2) is 4.39 Å². The van der Waals surface area contributed by atoms with Gasteiger partial charge >= 0.3 is 0 Å². The fourth-order valence-corrected chi connectivity index (χ4v) is 3.65. The Bertz CT molecular complexity index is 775. The molecule has 0 spiro atoms. The van der Waals surface area contributed by atoms with E-state index in [4.69, 9.17) is 4.74 Å². The summed E-state index contributed by atoms with van der Waals surface area (Å²) in [6.45, 7) is 6.59. The quantitative estimate of drug-likeness (QED) is 0.800. The number of amides is 2. The van der Waals surface area contributed by atoms with Crippen molar-refractivity contribution in [2.45, 2.75) is 39.7 Å². The Hall–Kier alpha value is -2.28. The SMILES string of the molecule is Cc1cc(NC(=O)C2CC(C)N(C(=O)C(=O)CC3(C)COC3)C2)ccc1F. The zero-order chi connectivity index (χ0) is 19.8. The van der Waals surface area contributed by atoms with Crippen LogP contribution in [0.4, 0.5) is 10.1 Å². The Kier molecular flexibility index (Phi) is 5.33. The van der Waals surface area contributed by atoms with Gasteiger partial charge in [0, 0.05) is 30.1 Å². The number of aryl methyl sites for hydroxylation is 1. The van der Waals surface area contributed by atoms with Crippen LogP contribution in [0.2, 0.25) is 0 Å². The van der Waals surface area contributed by atoms with Gasteiger partial charge in [-0.15, -0.1) is 0 Å². The molecule has 3 rings (SSSR count). The molecule has 2 saturated heterocycles. The largest absolute Gasteiger partial charge is 0.380 e. The van der Waals surface area contributed by atoms with E-state index in [2.05, 4.69) is 5.32 Å². The van der Waals surface area contributed by atoms with E-state index in [1.165, 1.54) is 17.0 Å². The molecule has 6 nitrogen and oxygen atoms in total. The highest BCUT2D eigenvalue weighted by atomic mass is 19.1. The summed E-state index contributed by atoms with van der Waals surface area (Å²) >= 11 is 0. The first-order valence-corrected chi connectivity index (χ1v) is 9.17. The number of hydrogen-bond donors (Lipinski definition) is 1. The van der Waals surface area contributed by atoms with E-state index in [0.29, 0.717) is 30.9 Å². The Balaban J connectivity index is 1.59. The minimum Gasteiger partial charge on any atom is -0.380 e. The molecule has 2 unspecified atom stereocenters. The number of nitrogens with zero attached hydrogens (tertiary/aromatic N) is 1. The number of anilines is 1. The third-order valence-corrected chi connectivity index (χ3v) is 5.36. The molecule has 2 heterocycles. The van der Waals surface area contributed by atoms with Gasteiger partial charge in [-0.1, -0.05) is 6.92 Å².